The van der Waals surface area contributed by atoms with Crippen molar-refractivity contribution in [3.63, 3.8) is 0 Å². The maximum absolute atomic E-state index is 14.4. The normalized spacial score (nSPS) is 32.5. The van der Waals surface area contributed by atoms with Crippen molar-refractivity contribution >= 4 is 5.82 Å². The van der Waals surface area contributed by atoms with Crippen molar-refractivity contribution < 1.29 is 23.7 Å². The van der Waals surface area contributed by atoms with Gasteiger partial charge in [0.25, 0.3) is 0 Å². The quantitative estimate of drug-likeness (QED) is 0.682. The molecule has 1 aromatic rings. The summed E-state index contributed by atoms with van der Waals surface area (Å²) in [5.41, 5.74) is 2.30. The number of aliphatic hydroxyl groups excluding tert-OH is 2. The van der Waals surface area contributed by atoms with Crippen molar-refractivity contribution in [1.29, 1.82) is 0 Å². The van der Waals surface area contributed by atoms with Crippen LogP contribution in [0.4, 0.5) is 14.6 Å². The van der Waals surface area contributed by atoms with Crippen LogP contribution in [-0.4, -0.2) is 45.0 Å². The minimum atomic E-state index is -3.57. The smallest absolute Gasteiger partial charge is 0.351 e. The average molecular weight is 291 g/mol. The van der Waals surface area contributed by atoms with Gasteiger partial charge < -0.3 is 20.7 Å². The van der Waals surface area contributed by atoms with Crippen LogP contribution >= 0.6 is 0 Å². The second-order valence-corrected chi connectivity index (χ2v) is 4.90. The Morgan fingerprint density at radius 3 is 2.65 bits per heavy atom. The number of anilines is 1. The molecule has 0 radical (unpaired) electrons. The van der Waals surface area contributed by atoms with Crippen molar-refractivity contribution in [3.05, 3.63) is 22.7 Å². The number of ether oxygens (including phenoxy) is 1. The molecule has 20 heavy (non-hydrogen) atoms. The summed E-state index contributed by atoms with van der Waals surface area (Å²) in [6, 6.07) is 1.18. The van der Waals surface area contributed by atoms with Gasteiger partial charge in [-0.05, 0) is 13.0 Å². The first-order valence-corrected chi connectivity index (χ1v) is 5.87. The van der Waals surface area contributed by atoms with Crippen LogP contribution in [0.25, 0.3) is 0 Å². The summed E-state index contributed by atoms with van der Waals surface area (Å²) in [7, 11) is 0. The average Bonchev–Trinajstić information content (AvgIpc) is 2.59. The molecule has 0 aliphatic carbocycles. The Labute approximate surface area is 112 Å². The molecule has 2 heterocycles. The van der Waals surface area contributed by atoms with Gasteiger partial charge in [-0.15, -0.1) is 0 Å². The maximum atomic E-state index is 14.4. The Morgan fingerprint density at radius 1 is 1.55 bits per heavy atom. The minimum absolute atomic E-state index is 0.101. The second-order valence-electron chi connectivity index (χ2n) is 4.90. The molecule has 0 spiro atoms. The molecule has 7 nitrogen and oxygen atoms in total. The topological polar surface area (TPSA) is 111 Å². The summed E-state index contributed by atoms with van der Waals surface area (Å²) in [5, 5.41) is 18.4. The van der Waals surface area contributed by atoms with Crippen molar-refractivity contribution in [2.24, 2.45) is 5.41 Å². The number of nitrogens with two attached hydrogens (primary N) is 1. The Balaban J connectivity index is 2.51. The molecule has 0 aromatic carbocycles. The van der Waals surface area contributed by atoms with Gasteiger partial charge in [0, 0.05) is 6.20 Å². The Bertz CT molecular complexity index is 565. The zero-order chi connectivity index (χ0) is 15.1. The lowest BCUT2D eigenvalue weighted by atomic mass is 9.80. The lowest BCUT2D eigenvalue weighted by Crippen LogP contribution is -2.48. The molecule has 1 fully saturated rings. The third-order valence-electron chi connectivity index (χ3n) is 3.67. The fourth-order valence-corrected chi connectivity index (χ4v) is 2.18. The molecule has 4 N–H and O–H groups in total. The highest BCUT2D eigenvalue weighted by molar-refractivity contribution is 5.24. The third-order valence-corrected chi connectivity index (χ3v) is 3.67. The molecule has 1 aliphatic heterocycles. The summed E-state index contributed by atoms with van der Waals surface area (Å²) in [4.78, 5) is 15.0. The summed E-state index contributed by atoms with van der Waals surface area (Å²) in [5.74, 6) is -3.67. The molecule has 3 atom stereocenters. The standard InChI is InChI=1S/C11H15F2N3O4/c1-10(5-18)6(4-17)20-8(11(10,12)13)16-3-2-7(14)15-9(16)19/h2-3,6,8,17-18H,4-5H2,1H3,(H2,14,15,19)/t6-,8-,10-/m1/s1. The summed E-state index contributed by atoms with van der Waals surface area (Å²) >= 11 is 0. The molecule has 9 heteroatoms. The largest absolute Gasteiger partial charge is 0.395 e. The van der Waals surface area contributed by atoms with E-state index in [4.69, 9.17) is 15.6 Å². The van der Waals surface area contributed by atoms with Crippen LogP contribution in [-0.2, 0) is 4.74 Å². The number of nitrogen functional groups attached to an aromatic ring is 1. The van der Waals surface area contributed by atoms with Crippen molar-refractivity contribution in [3.8, 4) is 0 Å². The van der Waals surface area contributed by atoms with E-state index in [1.165, 1.54) is 6.07 Å². The molecule has 1 saturated heterocycles. The molecular weight excluding hydrogens is 276 g/mol. The highest BCUT2D eigenvalue weighted by Crippen LogP contribution is 2.54. The van der Waals surface area contributed by atoms with E-state index in [0.29, 0.717) is 4.57 Å². The molecule has 1 aromatic heterocycles. The van der Waals surface area contributed by atoms with Gasteiger partial charge in [0.05, 0.1) is 24.7 Å². The highest BCUT2D eigenvalue weighted by Gasteiger charge is 2.67. The third kappa shape index (κ3) is 1.89. The van der Waals surface area contributed by atoms with Gasteiger partial charge in [0.15, 0.2) is 0 Å². The number of rotatable bonds is 3. The molecular formula is C11H15F2N3O4. The fourth-order valence-electron chi connectivity index (χ4n) is 2.18. The Morgan fingerprint density at radius 2 is 2.20 bits per heavy atom. The zero-order valence-electron chi connectivity index (χ0n) is 10.7. The van der Waals surface area contributed by atoms with Crippen molar-refractivity contribution in [1.82, 2.24) is 9.55 Å². The first-order chi connectivity index (χ1) is 9.27. The van der Waals surface area contributed by atoms with Crippen LogP contribution < -0.4 is 11.4 Å². The lowest BCUT2D eigenvalue weighted by molar-refractivity contribution is -0.154. The lowest BCUT2D eigenvalue weighted by Gasteiger charge is -2.32. The zero-order valence-corrected chi connectivity index (χ0v) is 10.7. The Hall–Kier alpha value is -1.58. The van der Waals surface area contributed by atoms with E-state index in [9.17, 15) is 18.7 Å². The van der Waals surface area contributed by atoms with E-state index in [0.717, 1.165) is 13.1 Å². The van der Waals surface area contributed by atoms with Gasteiger partial charge in [-0.2, -0.15) is 4.98 Å². The highest BCUT2D eigenvalue weighted by atomic mass is 19.3. The molecule has 1 aliphatic rings. The van der Waals surface area contributed by atoms with Gasteiger partial charge >= 0.3 is 11.6 Å². The van der Waals surface area contributed by atoms with Gasteiger partial charge in [0.1, 0.15) is 5.82 Å². The van der Waals surface area contributed by atoms with E-state index >= 15 is 0 Å². The molecule has 112 valence electrons. The van der Waals surface area contributed by atoms with Crippen LogP contribution in [0.2, 0.25) is 0 Å². The number of hydrogen-bond acceptors (Lipinski definition) is 6. The number of aromatic nitrogens is 2. The molecule has 2 rings (SSSR count). The summed E-state index contributed by atoms with van der Waals surface area (Å²) in [6.45, 7) is -0.525. The van der Waals surface area contributed by atoms with E-state index in [2.05, 4.69) is 4.98 Å². The van der Waals surface area contributed by atoms with Crippen molar-refractivity contribution in [2.45, 2.75) is 25.2 Å². The van der Waals surface area contributed by atoms with E-state index in [1.807, 2.05) is 0 Å². The number of hydrogen-bond donors (Lipinski definition) is 3. The van der Waals surface area contributed by atoms with E-state index in [-0.39, 0.29) is 5.82 Å². The number of nitrogens with zero attached hydrogens (tertiary/aromatic N) is 2. The fraction of sp³-hybridized carbons (Fsp3) is 0.636. The van der Waals surface area contributed by atoms with Crippen LogP contribution in [0.5, 0.6) is 0 Å². The minimum Gasteiger partial charge on any atom is -0.395 e. The first-order valence-electron chi connectivity index (χ1n) is 5.87. The predicted octanol–water partition coefficient (Wildman–Crippen LogP) is -0.651. The molecule has 0 amide bonds. The summed E-state index contributed by atoms with van der Waals surface area (Å²) < 4.78 is 34.6. The number of aliphatic hydroxyl groups is 2. The number of alkyl halides is 2. The predicted molar refractivity (Wildman–Crippen MR) is 64.0 cm³/mol. The van der Waals surface area contributed by atoms with Gasteiger partial charge in [-0.25, -0.2) is 13.6 Å². The first kappa shape index (κ1) is 14.8. The van der Waals surface area contributed by atoms with E-state index in [1.54, 1.807) is 0 Å². The molecule has 0 saturated carbocycles. The van der Waals surface area contributed by atoms with Crippen LogP contribution in [0, 0.1) is 5.41 Å². The van der Waals surface area contributed by atoms with Crippen LogP contribution in [0.15, 0.2) is 17.1 Å². The van der Waals surface area contributed by atoms with Gasteiger partial charge in [-0.3, -0.25) is 4.57 Å². The van der Waals surface area contributed by atoms with Crippen molar-refractivity contribution in [2.75, 3.05) is 18.9 Å². The monoisotopic (exact) mass is 291 g/mol. The van der Waals surface area contributed by atoms with E-state index < -0.39 is 42.6 Å². The second kappa shape index (κ2) is 4.76. The maximum Gasteiger partial charge on any atom is 0.351 e. The number of halogens is 2. The Kier molecular flexibility index (Phi) is 3.53. The van der Waals surface area contributed by atoms with Crippen LogP contribution in [0.1, 0.15) is 13.2 Å². The summed E-state index contributed by atoms with van der Waals surface area (Å²) in [6.07, 6.45) is -2.23. The van der Waals surface area contributed by atoms with Gasteiger partial charge in [0.2, 0.25) is 6.23 Å². The van der Waals surface area contributed by atoms with Crippen LogP contribution in [0.3, 0.4) is 0 Å². The van der Waals surface area contributed by atoms with Gasteiger partial charge in [-0.1, -0.05) is 0 Å². The SMILES string of the molecule is C[C@@]1(CO)[C@@H](CO)O[C@@H](n2ccc(N)nc2=O)C1(F)F. The molecule has 0 unspecified atom stereocenters. The molecule has 0 bridgehead atoms.